The fourth-order valence-electron chi connectivity index (χ4n) is 4.33. The fraction of sp³-hybridized carbons (Fsp3) is 0.444. The van der Waals surface area contributed by atoms with Gasteiger partial charge in [0.05, 0.1) is 25.9 Å². The molecule has 1 aliphatic heterocycles. The Morgan fingerprint density at radius 2 is 1.89 bits per heavy atom. The molecule has 0 atom stereocenters. The second-order valence-corrected chi connectivity index (χ2v) is 9.26. The number of phenols is 1. The number of nitrogens with one attached hydrogen (secondary N) is 1. The van der Waals surface area contributed by atoms with Crippen LogP contribution in [0.25, 0.3) is 17.1 Å². The van der Waals surface area contributed by atoms with Gasteiger partial charge in [0.2, 0.25) is 5.82 Å². The molecule has 192 valence electrons. The van der Waals surface area contributed by atoms with Crippen molar-refractivity contribution in [3.63, 3.8) is 0 Å². The Morgan fingerprint density at radius 3 is 2.53 bits per heavy atom. The van der Waals surface area contributed by atoms with Gasteiger partial charge >= 0.3 is 0 Å². The van der Waals surface area contributed by atoms with Crippen molar-refractivity contribution in [3.05, 3.63) is 53.3 Å². The van der Waals surface area contributed by atoms with Gasteiger partial charge in [0, 0.05) is 37.9 Å². The van der Waals surface area contributed by atoms with Crippen molar-refractivity contribution in [1.82, 2.24) is 25.0 Å². The van der Waals surface area contributed by atoms with Crippen LogP contribution in [-0.4, -0.2) is 70.6 Å². The maximum Gasteiger partial charge on any atom is 0.289 e. The van der Waals surface area contributed by atoms with E-state index in [2.05, 4.69) is 46.4 Å². The maximum atomic E-state index is 13.0. The molecule has 0 spiro atoms. The van der Waals surface area contributed by atoms with Crippen LogP contribution in [0, 0.1) is 0 Å². The third-order valence-electron chi connectivity index (χ3n) is 6.32. The standard InChI is InChI=1S/C27H35N5O4/c1-5-10-28-27(34)26-30-29-25(22-15-21(18(2)3)24(35-4)16-23(22)33)32(26)20-8-6-19(7-9-20)17-31-11-13-36-14-12-31/h6-9,15-16,18,33H,5,10-14,17H2,1-4H3,(H,28,34). The topological polar surface area (TPSA) is 102 Å². The second kappa shape index (κ2) is 11.5. The molecule has 0 aliphatic carbocycles. The van der Waals surface area contributed by atoms with Crippen LogP contribution >= 0.6 is 0 Å². The number of rotatable bonds is 9. The first-order valence-corrected chi connectivity index (χ1v) is 12.5. The van der Waals surface area contributed by atoms with Crippen molar-refractivity contribution in [2.45, 2.75) is 39.7 Å². The van der Waals surface area contributed by atoms with E-state index in [1.54, 1.807) is 17.7 Å². The third kappa shape index (κ3) is 5.52. The summed E-state index contributed by atoms with van der Waals surface area (Å²) < 4.78 is 12.6. The Bertz CT molecular complexity index is 1180. The lowest BCUT2D eigenvalue weighted by atomic mass is 9.98. The molecule has 1 aliphatic rings. The molecule has 3 aromatic rings. The Kier molecular flexibility index (Phi) is 8.22. The van der Waals surface area contributed by atoms with E-state index < -0.39 is 0 Å². The van der Waals surface area contributed by atoms with Gasteiger partial charge in [-0.15, -0.1) is 10.2 Å². The molecule has 1 aromatic heterocycles. The first-order chi connectivity index (χ1) is 17.4. The van der Waals surface area contributed by atoms with Crippen LogP contribution in [0.1, 0.15) is 54.9 Å². The van der Waals surface area contributed by atoms with Crippen molar-refractivity contribution in [2.24, 2.45) is 0 Å². The van der Waals surface area contributed by atoms with Gasteiger partial charge in [0.15, 0.2) is 5.82 Å². The molecule has 36 heavy (non-hydrogen) atoms. The number of hydrogen-bond donors (Lipinski definition) is 2. The average Bonchev–Trinajstić information content (AvgIpc) is 3.33. The van der Waals surface area contributed by atoms with Crippen molar-refractivity contribution >= 4 is 5.91 Å². The smallest absolute Gasteiger partial charge is 0.289 e. The molecule has 9 heteroatoms. The SMILES string of the molecule is CCCNC(=O)c1nnc(-c2cc(C(C)C)c(OC)cc2O)n1-c1ccc(CN2CCOCC2)cc1. The molecule has 0 bridgehead atoms. The van der Waals surface area contributed by atoms with E-state index in [9.17, 15) is 9.90 Å². The van der Waals surface area contributed by atoms with Gasteiger partial charge in [0.25, 0.3) is 5.91 Å². The van der Waals surface area contributed by atoms with Crippen LogP contribution in [0.5, 0.6) is 11.5 Å². The van der Waals surface area contributed by atoms with Gasteiger partial charge in [-0.05, 0) is 41.7 Å². The van der Waals surface area contributed by atoms with E-state index in [-0.39, 0.29) is 23.4 Å². The molecule has 0 radical (unpaired) electrons. The van der Waals surface area contributed by atoms with Gasteiger partial charge in [-0.2, -0.15) is 0 Å². The number of hydrogen-bond acceptors (Lipinski definition) is 7. The summed E-state index contributed by atoms with van der Waals surface area (Å²) in [5, 5.41) is 22.4. The summed E-state index contributed by atoms with van der Waals surface area (Å²) in [4.78, 5) is 15.4. The molecule has 1 amide bonds. The minimum Gasteiger partial charge on any atom is -0.507 e. The molecule has 1 fully saturated rings. The van der Waals surface area contributed by atoms with E-state index in [1.165, 1.54) is 5.56 Å². The van der Waals surface area contributed by atoms with Gasteiger partial charge in [-0.3, -0.25) is 14.3 Å². The van der Waals surface area contributed by atoms with Gasteiger partial charge in [-0.1, -0.05) is 32.9 Å². The zero-order chi connectivity index (χ0) is 25.7. The first kappa shape index (κ1) is 25.7. The van der Waals surface area contributed by atoms with Crippen LogP contribution in [0.2, 0.25) is 0 Å². The Labute approximate surface area is 212 Å². The van der Waals surface area contributed by atoms with Crippen molar-refractivity contribution in [3.8, 4) is 28.6 Å². The number of aromatic hydroxyl groups is 1. The molecular weight excluding hydrogens is 458 g/mol. The summed E-state index contributed by atoms with van der Waals surface area (Å²) in [5.41, 5.74) is 3.32. The highest BCUT2D eigenvalue weighted by molar-refractivity contribution is 5.92. The summed E-state index contributed by atoms with van der Waals surface area (Å²) in [5.74, 6) is 1.01. The van der Waals surface area contributed by atoms with Crippen LogP contribution < -0.4 is 10.1 Å². The number of morpholine rings is 1. The lowest BCUT2D eigenvalue weighted by Crippen LogP contribution is -2.35. The van der Waals surface area contributed by atoms with Crippen molar-refractivity contribution < 1.29 is 19.4 Å². The number of phenolic OH excluding ortho intramolecular Hbond substituents is 1. The number of amides is 1. The summed E-state index contributed by atoms with van der Waals surface area (Å²) >= 11 is 0. The molecule has 2 N–H and O–H groups in total. The number of ether oxygens (including phenoxy) is 2. The van der Waals surface area contributed by atoms with Crippen LogP contribution in [0.4, 0.5) is 0 Å². The number of aromatic nitrogens is 3. The van der Waals surface area contributed by atoms with Crippen LogP contribution in [-0.2, 0) is 11.3 Å². The second-order valence-electron chi connectivity index (χ2n) is 9.26. The quantitative estimate of drug-likeness (QED) is 0.468. The van der Waals surface area contributed by atoms with Gasteiger partial charge < -0.3 is 19.9 Å². The van der Waals surface area contributed by atoms with Crippen molar-refractivity contribution in [2.75, 3.05) is 40.0 Å². The number of benzene rings is 2. The van der Waals surface area contributed by atoms with Crippen LogP contribution in [0.3, 0.4) is 0 Å². The fourth-order valence-corrected chi connectivity index (χ4v) is 4.33. The Morgan fingerprint density at radius 1 is 1.17 bits per heavy atom. The number of carbonyl (C=O) groups is 1. The predicted octanol–water partition coefficient (Wildman–Crippen LogP) is 3.74. The van der Waals surface area contributed by atoms with E-state index >= 15 is 0 Å². The molecular formula is C27H35N5O4. The normalized spacial score (nSPS) is 14.2. The third-order valence-corrected chi connectivity index (χ3v) is 6.32. The Hall–Kier alpha value is -3.43. The molecule has 2 aromatic carbocycles. The highest BCUT2D eigenvalue weighted by Gasteiger charge is 2.24. The van der Waals surface area contributed by atoms with Crippen LogP contribution in [0.15, 0.2) is 36.4 Å². The minimum absolute atomic E-state index is 0.00866. The molecule has 1 saturated heterocycles. The first-order valence-electron chi connectivity index (χ1n) is 12.5. The lowest BCUT2D eigenvalue weighted by molar-refractivity contribution is 0.0342. The Balaban J connectivity index is 1.76. The molecule has 0 unspecified atom stereocenters. The van der Waals surface area contributed by atoms with Crippen molar-refractivity contribution in [1.29, 1.82) is 0 Å². The van der Waals surface area contributed by atoms with E-state index in [1.807, 2.05) is 25.1 Å². The zero-order valence-corrected chi connectivity index (χ0v) is 21.5. The molecule has 2 heterocycles. The summed E-state index contributed by atoms with van der Waals surface area (Å²) in [7, 11) is 1.58. The van der Waals surface area contributed by atoms with E-state index in [0.29, 0.717) is 23.7 Å². The van der Waals surface area contributed by atoms with E-state index in [0.717, 1.165) is 50.5 Å². The predicted molar refractivity (Wildman–Crippen MR) is 138 cm³/mol. The van der Waals surface area contributed by atoms with Gasteiger partial charge in [0.1, 0.15) is 11.5 Å². The number of nitrogens with zero attached hydrogens (tertiary/aromatic N) is 4. The number of methoxy groups -OCH3 is 1. The highest BCUT2D eigenvalue weighted by Crippen LogP contribution is 2.38. The zero-order valence-electron chi connectivity index (χ0n) is 21.5. The maximum absolute atomic E-state index is 13.0. The number of carbonyl (C=O) groups excluding carboxylic acids is 1. The van der Waals surface area contributed by atoms with E-state index in [4.69, 9.17) is 9.47 Å². The highest BCUT2D eigenvalue weighted by atomic mass is 16.5. The monoisotopic (exact) mass is 493 g/mol. The van der Waals surface area contributed by atoms with Gasteiger partial charge in [-0.25, -0.2) is 0 Å². The largest absolute Gasteiger partial charge is 0.507 e. The molecule has 9 nitrogen and oxygen atoms in total. The average molecular weight is 494 g/mol. The summed E-state index contributed by atoms with van der Waals surface area (Å²) in [6, 6.07) is 11.5. The summed E-state index contributed by atoms with van der Waals surface area (Å²) in [6.45, 7) is 10.8. The molecule has 4 rings (SSSR count). The molecule has 0 saturated carbocycles. The lowest BCUT2D eigenvalue weighted by Gasteiger charge is -2.26. The minimum atomic E-state index is -0.315. The summed E-state index contributed by atoms with van der Waals surface area (Å²) in [6.07, 6.45) is 0.806.